The van der Waals surface area contributed by atoms with Crippen molar-refractivity contribution in [2.75, 3.05) is 51.1 Å². The summed E-state index contributed by atoms with van der Waals surface area (Å²) >= 11 is 2.13. The van der Waals surface area contributed by atoms with E-state index in [0.717, 1.165) is 19.6 Å². The van der Waals surface area contributed by atoms with Gasteiger partial charge in [0.05, 0.1) is 48.0 Å². The molecule has 0 aromatic rings. The van der Waals surface area contributed by atoms with Gasteiger partial charge in [0.2, 0.25) is 12.2 Å². The number of thioether (sulfide) groups is 1. The average Bonchev–Trinajstić information content (AvgIpc) is 3.24. The van der Waals surface area contributed by atoms with Gasteiger partial charge in [0.25, 0.3) is 0 Å². The number of ether oxygens (including phenoxy) is 7. The predicted octanol–water partition coefficient (Wildman–Crippen LogP) is 18.1. The van der Waals surface area contributed by atoms with Crippen molar-refractivity contribution in [3.05, 3.63) is 0 Å². The first-order valence-corrected chi connectivity index (χ1v) is 32.8. The van der Waals surface area contributed by atoms with E-state index in [9.17, 15) is 24.3 Å². The minimum Gasteiger partial charge on any atom is -0.463 e. The first-order chi connectivity index (χ1) is 37.0. The van der Waals surface area contributed by atoms with E-state index in [4.69, 9.17) is 33.2 Å². The molecule has 0 spiro atoms. The SMILES string of the molecule is CC(C)(C)CCCOCCCC(C)(C)C.CC(C)(C)CCCSCCCC(C)(C)C.CC(C)(C)OCC(O)COC(C)(C)C.CC(C)(C)OCCCNC(=O)C(C)(C)C.CC(C)CC(=O)OC(C)C.CC(OC(=O)C(C)C)OC(=O)C(C)C. The summed E-state index contributed by atoms with van der Waals surface area (Å²) in [6, 6.07) is 0. The number of carbonyl (C=O) groups excluding carboxylic acids is 4. The molecule has 2 N–H and O–H groups in total. The number of hydrogen-bond donors (Lipinski definition) is 2. The molecular formula is C69H143NO12S. The summed E-state index contributed by atoms with van der Waals surface area (Å²) in [6.07, 6.45) is 10.4. The molecule has 0 radical (unpaired) electrons. The fraction of sp³-hybridized carbons (Fsp3) is 0.942. The molecule has 0 aromatic heterocycles. The second kappa shape index (κ2) is 47.1. The minimum atomic E-state index is -0.806. The largest absolute Gasteiger partial charge is 0.463 e. The van der Waals surface area contributed by atoms with E-state index in [0.29, 0.717) is 60.4 Å². The van der Waals surface area contributed by atoms with E-state index >= 15 is 0 Å². The van der Waals surface area contributed by atoms with E-state index in [-0.39, 0.29) is 64.0 Å². The van der Waals surface area contributed by atoms with Crippen LogP contribution in [-0.4, -0.2) is 115 Å². The highest BCUT2D eigenvalue weighted by Crippen LogP contribution is 2.25. The van der Waals surface area contributed by atoms with Gasteiger partial charge in [0.1, 0.15) is 6.10 Å². The number of aliphatic hydroxyl groups excluding tert-OH is 1. The van der Waals surface area contributed by atoms with Crippen LogP contribution in [0.2, 0.25) is 0 Å². The van der Waals surface area contributed by atoms with Crippen LogP contribution in [0.3, 0.4) is 0 Å². The lowest BCUT2D eigenvalue weighted by atomic mass is 9.90. The van der Waals surface area contributed by atoms with Crippen molar-refractivity contribution in [2.45, 2.75) is 328 Å². The van der Waals surface area contributed by atoms with Gasteiger partial charge in [-0.05, 0) is 173 Å². The molecule has 502 valence electrons. The summed E-state index contributed by atoms with van der Waals surface area (Å²) in [4.78, 5) is 44.5. The van der Waals surface area contributed by atoms with Gasteiger partial charge in [-0.3, -0.25) is 19.2 Å². The van der Waals surface area contributed by atoms with Crippen molar-refractivity contribution in [1.82, 2.24) is 5.32 Å². The maximum Gasteiger partial charge on any atom is 0.311 e. The van der Waals surface area contributed by atoms with Gasteiger partial charge in [-0.2, -0.15) is 11.8 Å². The summed E-state index contributed by atoms with van der Waals surface area (Å²) in [6.45, 7) is 71.3. The molecule has 0 rings (SSSR count). The Kier molecular flexibility index (Phi) is 52.3. The lowest BCUT2D eigenvalue weighted by molar-refractivity contribution is -0.189. The van der Waals surface area contributed by atoms with Crippen LogP contribution in [0.1, 0.15) is 293 Å². The number of rotatable bonds is 27. The third-order valence-corrected chi connectivity index (χ3v) is 11.7. The maximum atomic E-state index is 11.5. The Bertz CT molecular complexity index is 1450. The molecule has 0 fully saturated rings. The Morgan fingerprint density at radius 2 is 0.783 bits per heavy atom. The zero-order valence-electron chi connectivity index (χ0n) is 61.0. The van der Waals surface area contributed by atoms with Crippen LogP contribution in [0.25, 0.3) is 0 Å². The zero-order valence-corrected chi connectivity index (χ0v) is 61.9. The number of esters is 3. The molecule has 0 aliphatic rings. The quantitative estimate of drug-likeness (QED) is 0.0454. The number of carbonyl (C=O) groups is 4. The van der Waals surface area contributed by atoms with Crippen LogP contribution >= 0.6 is 11.8 Å². The molecule has 0 aliphatic heterocycles. The highest BCUT2D eigenvalue weighted by atomic mass is 32.2. The summed E-state index contributed by atoms with van der Waals surface area (Å²) < 4.78 is 36.6. The summed E-state index contributed by atoms with van der Waals surface area (Å²) in [5, 5.41) is 12.4. The van der Waals surface area contributed by atoms with E-state index in [1.54, 1.807) is 27.7 Å². The first-order valence-electron chi connectivity index (χ1n) is 31.6. The standard InChI is InChI=1S/C14H30O.C14H30S.C12H25NO2.C11H24O3.C10H18O4.C8H16O2/c2*1-13(2,3)9-7-11-15-12-8-10-14(4,5)6;1-11(2,3)10(14)13-8-7-9-15-12(4,5)6;1-10(2,3)13-7-9(12)8-14-11(4,5)6;1-6(2)9(11)13-8(5)14-10(12)7(3)4;1-6(2)5-8(9)10-7(3)4/h2*7-12H2,1-6H3;7-9H2,1-6H3,(H,13,14);9,12H,7-8H2,1-6H3;6-8H,1-5H3;6-7H,5H2,1-4H3. The molecule has 83 heavy (non-hydrogen) atoms. The van der Waals surface area contributed by atoms with Crippen LogP contribution < -0.4 is 5.32 Å². The molecule has 14 heteroatoms. The third kappa shape index (κ3) is 91.4. The molecule has 0 aliphatic carbocycles. The Morgan fingerprint density at radius 3 is 1.06 bits per heavy atom. The lowest BCUT2D eigenvalue weighted by Crippen LogP contribution is -2.35. The van der Waals surface area contributed by atoms with Crippen LogP contribution in [0.5, 0.6) is 0 Å². The van der Waals surface area contributed by atoms with E-state index in [1.165, 1.54) is 69.8 Å². The van der Waals surface area contributed by atoms with Gasteiger partial charge >= 0.3 is 17.9 Å². The molecule has 0 aromatic carbocycles. The van der Waals surface area contributed by atoms with Crippen molar-refractivity contribution in [1.29, 1.82) is 0 Å². The minimum absolute atomic E-state index is 0.0197. The van der Waals surface area contributed by atoms with Crippen molar-refractivity contribution < 1.29 is 57.4 Å². The van der Waals surface area contributed by atoms with Crippen molar-refractivity contribution in [2.24, 2.45) is 44.8 Å². The van der Waals surface area contributed by atoms with Gasteiger partial charge < -0.3 is 43.6 Å². The number of hydrogen-bond acceptors (Lipinski definition) is 13. The number of nitrogens with one attached hydrogen (secondary N) is 1. The third-order valence-electron chi connectivity index (χ3n) is 10.6. The van der Waals surface area contributed by atoms with Gasteiger partial charge in [-0.15, -0.1) is 0 Å². The molecule has 0 unspecified atom stereocenters. The second-order valence-corrected chi connectivity index (χ2v) is 33.3. The van der Waals surface area contributed by atoms with Crippen molar-refractivity contribution >= 4 is 35.6 Å². The van der Waals surface area contributed by atoms with Crippen molar-refractivity contribution in [3.8, 4) is 0 Å². The molecule has 0 atom stereocenters. The molecule has 0 heterocycles. The summed E-state index contributed by atoms with van der Waals surface area (Å²) in [7, 11) is 0. The van der Waals surface area contributed by atoms with Gasteiger partial charge in [0.15, 0.2) is 0 Å². The normalized spacial score (nSPS) is 12.5. The zero-order chi connectivity index (χ0) is 66.9. The Morgan fingerprint density at radius 1 is 0.446 bits per heavy atom. The predicted molar refractivity (Wildman–Crippen MR) is 355 cm³/mol. The van der Waals surface area contributed by atoms with E-state index < -0.39 is 12.4 Å². The van der Waals surface area contributed by atoms with E-state index in [1.807, 2.05) is 111 Å². The van der Waals surface area contributed by atoms with E-state index in [2.05, 4.69) is 100 Å². The molecule has 0 saturated heterocycles. The van der Waals surface area contributed by atoms with Crippen LogP contribution in [0, 0.1) is 44.8 Å². The summed E-state index contributed by atoms with van der Waals surface area (Å²) in [5.74, 6) is 1.94. The molecule has 1 amide bonds. The molecule has 0 bridgehead atoms. The van der Waals surface area contributed by atoms with Gasteiger partial charge in [0, 0.05) is 45.1 Å². The van der Waals surface area contributed by atoms with Crippen LogP contribution in [0.4, 0.5) is 0 Å². The highest BCUT2D eigenvalue weighted by molar-refractivity contribution is 7.99. The number of aliphatic hydroxyl groups is 1. The smallest absolute Gasteiger partial charge is 0.311 e. The highest BCUT2D eigenvalue weighted by Gasteiger charge is 2.22. The van der Waals surface area contributed by atoms with Crippen LogP contribution in [-0.2, 0) is 52.3 Å². The molecule has 0 saturated carbocycles. The topological polar surface area (TPSA) is 165 Å². The summed E-state index contributed by atoms with van der Waals surface area (Å²) in [5.41, 5.74) is 1.14. The first kappa shape index (κ1) is 92.2. The Labute approximate surface area is 519 Å². The van der Waals surface area contributed by atoms with Gasteiger partial charge in [-0.1, -0.05) is 145 Å². The fourth-order valence-corrected chi connectivity index (χ4v) is 6.85. The lowest BCUT2D eigenvalue weighted by Gasteiger charge is -2.25. The second-order valence-electron chi connectivity index (χ2n) is 32.1. The van der Waals surface area contributed by atoms with Gasteiger partial charge in [-0.25, -0.2) is 0 Å². The van der Waals surface area contributed by atoms with Crippen LogP contribution in [0.15, 0.2) is 0 Å². The maximum absolute atomic E-state index is 11.5. The Balaban J connectivity index is -0.000000215. The number of amides is 1. The monoisotopic (exact) mass is 1210 g/mol. The molecule has 13 nitrogen and oxygen atoms in total. The fourth-order valence-electron chi connectivity index (χ4n) is 5.95. The average molecular weight is 1210 g/mol. The van der Waals surface area contributed by atoms with Crippen molar-refractivity contribution in [3.63, 3.8) is 0 Å². The molecular weight excluding hydrogens is 1070 g/mol. The Hall–Kier alpha value is -1.97.